The van der Waals surface area contributed by atoms with E-state index in [9.17, 15) is 14.0 Å². The van der Waals surface area contributed by atoms with Crippen molar-refractivity contribution in [3.05, 3.63) is 65.5 Å². The average molecular weight is 310 g/mol. The van der Waals surface area contributed by atoms with Gasteiger partial charge in [-0.05, 0) is 42.5 Å². The predicted octanol–water partition coefficient (Wildman–Crippen LogP) is 2.57. The van der Waals surface area contributed by atoms with Gasteiger partial charge in [0.25, 0.3) is 5.91 Å². The molecule has 2 rings (SSSR count). The fourth-order valence-electron chi connectivity index (χ4n) is 1.84. The molecule has 0 heterocycles. The highest BCUT2D eigenvalue weighted by Gasteiger charge is 2.04. The summed E-state index contributed by atoms with van der Waals surface area (Å²) in [5.74, 6) is 4.74. The van der Waals surface area contributed by atoms with E-state index in [0.717, 1.165) is 5.56 Å². The van der Waals surface area contributed by atoms with E-state index < -0.39 is 5.82 Å². The van der Waals surface area contributed by atoms with Crippen molar-refractivity contribution in [2.45, 2.75) is 6.92 Å². The van der Waals surface area contributed by atoms with Crippen molar-refractivity contribution in [3.63, 3.8) is 0 Å². The predicted molar refractivity (Wildman–Crippen MR) is 86.4 cm³/mol. The molecule has 2 aromatic rings. The Morgan fingerprint density at radius 3 is 2.52 bits per heavy atom. The van der Waals surface area contributed by atoms with E-state index in [1.807, 2.05) is 0 Å². The van der Waals surface area contributed by atoms with Gasteiger partial charge in [-0.25, -0.2) is 4.39 Å². The maximum atomic E-state index is 13.0. The first kappa shape index (κ1) is 16.2. The van der Waals surface area contributed by atoms with E-state index in [1.54, 1.807) is 24.3 Å². The van der Waals surface area contributed by atoms with Crippen molar-refractivity contribution in [1.29, 1.82) is 0 Å². The van der Waals surface area contributed by atoms with Gasteiger partial charge in [0.2, 0.25) is 5.91 Å². The third-order valence-electron chi connectivity index (χ3n) is 2.86. The average Bonchev–Trinajstić information content (AvgIpc) is 2.52. The molecule has 0 aliphatic carbocycles. The monoisotopic (exact) mass is 310 g/mol. The van der Waals surface area contributed by atoms with Crippen LogP contribution in [-0.2, 0) is 4.79 Å². The van der Waals surface area contributed by atoms with Crippen molar-refractivity contribution < 1.29 is 14.0 Å². The van der Waals surface area contributed by atoms with Crippen LogP contribution in [0.5, 0.6) is 0 Å². The van der Waals surface area contributed by atoms with Crippen molar-refractivity contribution in [2.75, 3.05) is 11.9 Å². The zero-order chi connectivity index (χ0) is 16.7. The number of hydrogen-bond donors (Lipinski definition) is 2. The Hall–Kier alpha value is -3.13. The van der Waals surface area contributed by atoms with Gasteiger partial charge in [-0.15, -0.1) is 0 Å². The first-order valence-corrected chi connectivity index (χ1v) is 6.95. The molecule has 0 spiro atoms. The van der Waals surface area contributed by atoms with E-state index >= 15 is 0 Å². The molecule has 0 aliphatic rings. The zero-order valence-electron chi connectivity index (χ0n) is 12.5. The molecule has 2 amide bonds. The number of carbonyl (C=O) groups is 2. The third-order valence-corrected chi connectivity index (χ3v) is 2.86. The number of benzene rings is 2. The minimum Gasteiger partial charge on any atom is -0.341 e. The van der Waals surface area contributed by atoms with Crippen LogP contribution in [0.1, 0.15) is 22.8 Å². The summed E-state index contributed by atoms with van der Waals surface area (Å²) < 4.78 is 13.0. The summed E-state index contributed by atoms with van der Waals surface area (Å²) in [6.07, 6.45) is 0. The second-order valence-electron chi connectivity index (χ2n) is 4.75. The fourth-order valence-corrected chi connectivity index (χ4v) is 1.84. The lowest BCUT2D eigenvalue weighted by atomic mass is 10.2. The van der Waals surface area contributed by atoms with Gasteiger partial charge in [0.1, 0.15) is 5.82 Å². The summed E-state index contributed by atoms with van der Waals surface area (Å²) in [7, 11) is 0. The molecular formula is C18H15FN2O2. The van der Waals surface area contributed by atoms with Crippen LogP contribution in [0.3, 0.4) is 0 Å². The number of halogens is 1. The Bertz CT molecular complexity index is 774. The van der Waals surface area contributed by atoms with Crippen LogP contribution in [0.25, 0.3) is 0 Å². The second-order valence-corrected chi connectivity index (χ2v) is 4.75. The minimum atomic E-state index is -0.456. The van der Waals surface area contributed by atoms with E-state index in [4.69, 9.17) is 0 Å². The van der Waals surface area contributed by atoms with Crippen molar-refractivity contribution in [2.24, 2.45) is 0 Å². The molecule has 0 fully saturated rings. The third kappa shape index (κ3) is 5.29. The Labute approximate surface area is 133 Å². The van der Waals surface area contributed by atoms with E-state index in [1.165, 1.54) is 31.2 Å². The normalized spacial score (nSPS) is 9.48. The van der Waals surface area contributed by atoms with Gasteiger partial charge in [0.15, 0.2) is 0 Å². The molecule has 0 aromatic heterocycles. The lowest BCUT2D eigenvalue weighted by molar-refractivity contribution is -0.114. The Kier molecular flexibility index (Phi) is 5.48. The van der Waals surface area contributed by atoms with Crippen LogP contribution in [0.2, 0.25) is 0 Å². The molecule has 0 bridgehead atoms. The second kappa shape index (κ2) is 7.76. The first-order chi connectivity index (χ1) is 11.0. The molecule has 0 saturated heterocycles. The van der Waals surface area contributed by atoms with Gasteiger partial charge in [-0.1, -0.05) is 17.9 Å². The van der Waals surface area contributed by atoms with Crippen LogP contribution < -0.4 is 10.6 Å². The largest absolute Gasteiger partial charge is 0.341 e. The van der Waals surface area contributed by atoms with Crippen LogP contribution in [0.15, 0.2) is 48.5 Å². The standard InChI is InChI=1S/C18H15FN2O2/c1-13(22)21-17-9-7-14(8-10-17)4-3-11-20-18(23)15-5-2-6-16(19)12-15/h2,5-10,12H,11H2,1H3,(H,20,23)(H,21,22). The van der Waals surface area contributed by atoms with Crippen LogP contribution in [0, 0.1) is 17.7 Å². The van der Waals surface area contributed by atoms with Gasteiger partial charge in [0.05, 0.1) is 6.54 Å². The molecule has 5 heteroatoms. The summed E-state index contributed by atoms with van der Waals surface area (Å²) in [5, 5.41) is 5.26. The van der Waals surface area contributed by atoms with Gasteiger partial charge in [-0.2, -0.15) is 0 Å². The minimum absolute atomic E-state index is 0.135. The number of rotatable bonds is 3. The van der Waals surface area contributed by atoms with E-state index in [2.05, 4.69) is 22.5 Å². The Morgan fingerprint density at radius 2 is 1.87 bits per heavy atom. The molecule has 23 heavy (non-hydrogen) atoms. The highest BCUT2D eigenvalue weighted by molar-refractivity contribution is 5.94. The van der Waals surface area contributed by atoms with Crippen molar-refractivity contribution in [1.82, 2.24) is 5.32 Å². The molecule has 0 saturated carbocycles. The van der Waals surface area contributed by atoms with Crippen LogP contribution in [0.4, 0.5) is 10.1 Å². The van der Waals surface area contributed by atoms with Crippen molar-refractivity contribution in [3.8, 4) is 11.8 Å². The fraction of sp³-hybridized carbons (Fsp3) is 0.111. The molecule has 0 radical (unpaired) electrons. The van der Waals surface area contributed by atoms with Crippen LogP contribution in [-0.4, -0.2) is 18.4 Å². The summed E-state index contributed by atoms with van der Waals surface area (Å²) >= 11 is 0. The molecule has 2 N–H and O–H groups in total. The lowest BCUT2D eigenvalue weighted by Crippen LogP contribution is -2.23. The zero-order valence-corrected chi connectivity index (χ0v) is 12.5. The van der Waals surface area contributed by atoms with Gasteiger partial charge >= 0.3 is 0 Å². The number of hydrogen-bond acceptors (Lipinski definition) is 2. The highest BCUT2D eigenvalue weighted by Crippen LogP contribution is 2.08. The topological polar surface area (TPSA) is 58.2 Å². The van der Waals surface area contributed by atoms with Gasteiger partial charge < -0.3 is 10.6 Å². The SMILES string of the molecule is CC(=O)Nc1ccc(C#CCNC(=O)c2cccc(F)c2)cc1. The van der Waals surface area contributed by atoms with Gasteiger partial charge in [-0.3, -0.25) is 9.59 Å². The molecule has 116 valence electrons. The number of carbonyl (C=O) groups excluding carboxylic acids is 2. The van der Waals surface area contributed by atoms with E-state index in [0.29, 0.717) is 5.69 Å². The molecule has 2 aromatic carbocycles. The van der Waals surface area contributed by atoms with Gasteiger partial charge in [0, 0.05) is 23.7 Å². The molecule has 4 nitrogen and oxygen atoms in total. The summed E-state index contributed by atoms with van der Waals surface area (Å²) in [6.45, 7) is 1.60. The Balaban J connectivity index is 1.88. The highest BCUT2D eigenvalue weighted by atomic mass is 19.1. The van der Waals surface area contributed by atoms with Crippen LogP contribution >= 0.6 is 0 Å². The number of nitrogens with one attached hydrogen (secondary N) is 2. The molecule has 0 unspecified atom stereocenters. The van der Waals surface area contributed by atoms with Crippen molar-refractivity contribution >= 4 is 17.5 Å². The van der Waals surface area contributed by atoms with E-state index in [-0.39, 0.29) is 23.9 Å². The summed E-state index contributed by atoms with van der Waals surface area (Å²) in [4.78, 5) is 22.7. The summed E-state index contributed by atoms with van der Waals surface area (Å²) in [6, 6.07) is 12.5. The first-order valence-electron chi connectivity index (χ1n) is 6.95. The lowest BCUT2D eigenvalue weighted by Gasteiger charge is -2.01. The quantitative estimate of drug-likeness (QED) is 0.856. The molecular weight excluding hydrogens is 295 g/mol. The Morgan fingerprint density at radius 1 is 1.13 bits per heavy atom. The maximum Gasteiger partial charge on any atom is 0.252 e. The maximum absolute atomic E-state index is 13.0. The molecule has 0 aliphatic heterocycles. The summed E-state index contributed by atoms with van der Waals surface area (Å²) in [5.41, 5.74) is 1.72. The molecule has 0 atom stereocenters. The smallest absolute Gasteiger partial charge is 0.252 e. The number of amides is 2. The number of anilines is 1.